The maximum atomic E-state index is 6.27. The van der Waals surface area contributed by atoms with Crippen molar-refractivity contribution in [2.45, 2.75) is 86.5 Å². The van der Waals surface area contributed by atoms with Gasteiger partial charge in [0.1, 0.15) is 0 Å². The van der Waals surface area contributed by atoms with Crippen LogP contribution >= 0.6 is 8.45 Å². The molecular formula is C17H37N2OP. The lowest BCUT2D eigenvalue weighted by molar-refractivity contribution is 0.171. The van der Waals surface area contributed by atoms with E-state index in [4.69, 9.17) is 4.52 Å². The normalized spacial score (nSPS) is 15.8. The van der Waals surface area contributed by atoms with Gasteiger partial charge in [-0.05, 0) is 54.4 Å². The molecule has 0 saturated heterocycles. The third kappa shape index (κ3) is 6.36. The van der Waals surface area contributed by atoms with Gasteiger partial charge in [0.25, 0.3) is 0 Å². The van der Waals surface area contributed by atoms with Gasteiger partial charge in [0, 0.05) is 24.2 Å². The van der Waals surface area contributed by atoms with E-state index < -0.39 is 8.45 Å². The van der Waals surface area contributed by atoms with Crippen LogP contribution in [0.15, 0.2) is 12.7 Å². The average molecular weight is 316 g/mol. The molecule has 126 valence electrons. The second kappa shape index (κ2) is 9.94. The Labute approximate surface area is 134 Å². The molecule has 0 amide bonds. The van der Waals surface area contributed by atoms with E-state index in [0.717, 1.165) is 0 Å². The summed E-state index contributed by atoms with van der Waals surface area (Å²) in [5.41, 5.74) is 0. The lowest BCUT2D eigenvalue weighted by Crippen LogP contribution is -2.45. The van der Waals surface area contributed by atoms with Crippen LogP contribution in [0, 0.1) is 5.92 Å². The summed E-state index contributed by atoms with van der Waals surface area (Å²) in [6.45, 7) is 24.9. The summed E-state index contributed by atoms with van der Waals surface area (Å²) in [5, 5.41) is 0. The van der Waals surface area contributed by atoms with E-state index in [1.165, 1.54) is 0 Å². The first kappa shape index (κ1) is 21.0. The summed E-state index contributed by atoms with van der Waals surface area (Å²) in [5.74, 6) is 0.603. The van der Waals surface area contributed by atoms with Gasteiger partial charge < -0.3 is 4.52 Å². The van der Waals surface area contributed by atoms with Crippen LogP contribution in [0.5, 0.6) is 0 Å². The molecule has 0 fully saturated rings. The lowest BCUT2D eigenvalue weighted by Gasteiger charge is -2.47. The molecule has 0 aromatic rings. The van der Waals surface area contributed by atoms with Crippen LogP contribution in [-0.4, -0.2) is 40.1 Å². The number of hydrogen-bond donors (Lipinski definition) is 0. The van der Waals surface area contributed by atoms with Crippen molar-refractivity contribution in [2.75, 3.05) is 6.61 Å². The quantitative estimate of drug-likeness (QED) is 0.402. The summed E-state index contributed by atoms with van der Waals surface area (Å²) >= 11 is 0. The fourth-order valence-electron chi connectivity index (χ4n) is 2.49. The Morgan fingerprint density at radius 1 is 0.857 bits per heavy atom. The standard InChI is InChI=1S/C17H37N2OP/c1-11-12-20-21(18(14(4)5)15(6)7)19(16(8)9)17(10)13(2)3/h11,13-17H,1,12H2,2-10H3. The van der Waals surface area contributed by atoms with Crippen LogP contribution in [0.25, 0.3) is 0 Å². The molecule has 3 nitrogen and oxygen atoms in total. The summed E-state index contributed by atoms with van der Waals surface area (Å²) in [7, 11) is -0.788. The molecule has 0 saturated carbocycles. The first-order valence-corrected chi connectivity index (χ1v) is 9.42. The second-order valence-corrected chi connectivity index (χ2v) is 8.55. The van der Waals surface area contributed by atoms with Gasteiger partial charge in [0.2, 0.25) is 0 Å². The number of rotatable bonds is 10. The van der Waals surface area contributed by atoms with Crippen molar-refractivity contribution in [3.05, 3.63) is 12.7 Å². The molecule has 0 N–H and O–H groups in total. The highest BCUT2D eigenvalue weighted by atomic mass is 31.2. The van der Waals surface area contributed by atoms with Crippen LogP contribution < -0.4 is 0 Å². The molecule has 0 aliphatic carbocycles. The second-order valence-electron chi connectivity index (χ2n) is 6.86. The molecule has 0 heterocycles. The average Bonchev–Trinajstić information content (AvgIpc) is 2.33. The first-order chi connectivity index (χ1) is 9.64. The number of nitrogens with zero attached hydrogens (tertiary/aromatic N) is 2. The van der Waals surface area contributed by atoms with E-state index >= 15 is 0 Å². The predicted octanol–water partition coefficient (Wildman–Crippen LogP) is 5.29. The van der Waals surface area contributed by atoms with Gasteiger partial charge in [-0.25, -0.2) is 9.34 Å². The first-order valence-electron chi connectivity index (χ1n) is 8.25. The SMILES string of the molecule is C=CCOP(N(C(C)C)C(C)C)N(C(C)C)C(C)C(C)C. The van der Waals surface area contributed by atoms with E-state index in [-0.39, 0.29) is 0 Å². The molecule has 0 radical (unpaired) electrons. The highest BCUT2D eigenvalue weighted by Crippen LogP contribution is 2.51. The predicted molar refractivity (Wildman–Crippen MR) is 96.5 cm³/mol. The molecule has 0 aliphatic heterocycles. The van der Waals surface area contributed by atoms with Crippen molar-refractivity contribution >= 4 is 8.45 Å². The fraction of sp³-hybridized carbons (Fsp3) is 0.882. The Balaban J connectivity index is 5.54. The zero-order valence-electron chi connectivity index (χ0n) is 15.6. The minimum atomic E-state index is -0.788. The van der Waals surface area contributed by atoms with Gasteiger partial charge in [0.15, 0.2) is 8.45 Å². The van der Waals surface area contributed by atoms with Gasteiger partial charge in [-0.15, -0.1) is 6.58 Å². The Bertz CT molecular complexity index is 285. The highest BCUT2D eigenvalue weighted by molar-refractivity contribution is 7.47. The van der Waals surface area contributed by atoms with Gasteiger partial charge >= 0.3 is 0 Å². The summed E-state index contributed by atoms with van der Waals surface area (Å²) in [4.78, 5) is 0. The van der Waals surface area contributed by atoms with Gasteiger partial charge in [0.05, 0.1) is 6.61 Å². The molecule has 0 aromatic heterocycles. The van der Waals surface area contributed by atoms with Crippen LogP contribution in [0.3, 0.4) is 0 Å². The van der Waals surface area contributed by atoms with Gasteiger partial charge in [-0.3, -0.25) is 0 Å². The molecule has 2 atom stereocenters. The maximum absolute atomic E-state index is 6.27. The molecule has 4 heteroatoms. The Morgan fingerprint density at radius 2 is 1.29 bits per heavy atom. The smallest absolute Gasteiger partial charge is 0.189 e. The summed E-state index contributed by atoms with van der Waals surface area (Å²) in [6.07, 6.45) is 1.85. The topological polar surface area (TPSA) is 15.7 Å². The van der Waals surface area contributed by atoms with Crippen molar-refractivity contribution in [3.8, 4) is 0 Å². The van der Waals surface area contributed by atoms with Crippen LogP contribution in [0.4, 0.5) is 0 Å². The maximum Gasteiger partial charge on any atom is 0.189 e. The largest absolute Gasteiger partial charge is 0.327 e. The van der Waals surface area contributed by atoms with Crippen molar-refractivity contribution < 1.29 is 4.52 Å². The minimum Gasteiger partial charge on any atom is -0.327 e. The molecule has 0 aliphatic rings. The number of hydrogen-bond acceptors (Lipinski definition) is 3. The third-order valence-corrected chi connectivity index (χ3v) is 6.59. The van der Waals surface area contributed by atoms with Gasteiger partial charge in [-0.2, -0.15) is 0 Å². The zero-order valence-corrected chi connectivity index (χ0v) is 16.5. The summed E-state index contributed by atoms with van der Waals surface area (Å²) < 4.78 is 11.3. The molecule has 0 aromatic carbocycles. The summed E-state index contributed by atoms with van der Waals surface area (Å²) in [6, 6.07) is 1.86. The van der Waals surface area contributed by atoms with Crippen molar-refractivity contribution in [1.82, 2.24) is 9.34 Å². The van der Waals surface area contributed by atoms with E-state index in [1.54, 1.807) is 0 Å². The molecule has 0 rings (SSSR count). The van der Waals surface area contributed by atoms with Crippen LogP contribution in [0.2, 0.25) is 0 Å². The third-order valence-electron chi connectivity index (χ3n) is 3.67. The van der Waals surface area contributed by atoms with Crippen LogP contribution in [0.1, 0.15) is 62.3 Å². The molecule has 2 unspecified atom stereocenters. The highest BCUT2D eigenvalue weighted by Gasteiger charge is 2.36. The molecule has 0 spiro atoms. The zero-order chi connectivity index (χ0) is 16.7. The van der Waals surface area contributed by atoms with Crippen molar-refractivity contribution in [1.29, 1.82) is 0 Å². The van der Waals surface area contributed by atoms with E-state index in [0.29, 0.717) is 36.7 Å². The Hall–Kier alpha value is 0.0500. The van der Waals surface area contributed by atoms with Crippen LogP contribution in [-0.2, 0) is 4.52 Å². The molecule has 0 bridgehead atoms. The van der Waals surface area contributed by atoms with Crippen molar-refractivity contribution in [2.24, 2.45) is 5.92 Å². The Morgan fingerprint density at radius 3 is 1.57 bits per heavy atom. The van der Waals surface area contributed by atoms with E-state index in [9.17, 15) is 0 Å². The lowest BCUT2D eigenvalue weighted by atomic mass is 10.1. The minimum absolute atomic E-state index is 0.457. The van der Waals surface area contributed by atoms with Crippen molar-refractivity contribution in [3.63, 3.8) is 0 Å². The molecule has 21 heavy (non-hydrogen) atoms. The Kier molecular flexibility index (Phi) is 9.97. The van der Waals surface area contributed by atoms with E-state index in [2.05, 4.69) is 78.2 Å². The fourth-order valence-corrected chi connectivity index (χ4v) is 5.00. The monoisotopic (exact) mass is 316 g/mol. The van der Waals surface area contributed by atoms with Gasteiger partial charge in [-0.1, -0.05) is 19.9 Å². The van der Waals surface area contributed by atoms with E-state index in [1.807, 2.05) is 6.08 Å². The molecular weight excluding hydrogens is 279 g/mol.